The lowest BCUT2D eigenvalue weighted by atomic mass is 10.2. The number of hydrogen-bond donors (Lipinski definition) is 1. The van der Waals surface area contributed by atoms with E-state index in [1.54, 1.807) is 11.8 Å². The molecule has 0 spiro atoms. The summed E-state index contributed by atoms with van der Waals surface area (Å²) in [5.41, 5.74) is 5.02. The Bertz CT molecular complexity index is 95.1. The lowest BCUT2D eigenvalue weighted by molar-refractivity contribution is -0.120. The molecule has 0 aliphatic carbocycles. The number of thioether (sulfide) groups is 1. The Kier molecular flexibility index (Phi) is 4.58. The Labute approximate surface area is 60.2 Å². The van der Waals surface area contributed by atoms with Crippen LogP contribution in [0.2, 0.25) is 0 Å². The van der Waals surface area contributed by atoms with Gasteiger partial charge in [0.15, 0.2) is 0 Å². The van der Waals surface area contributed by atoms with Gasteiger partial charge in [-0.3, -0.25) is 4.79 Å². The zero-order chi connectivity index (χ0) is 7.28. The number of hydrogen-bond acceptors (Lipinski definition) is 2. The van der Waals surface area contributed by atoms with Crippen molar-refractivity contribution in [3.05, 3.63) is 0 Å². The fourth-order valence-electron chi connectivity index (χ4n) is 0.377. The zero-order valence-electron chi connectivity index (χ0n) is 5.89. The number of primary amides is 1. The SMILES string of the molecule is CCSCC(C)C(N)=O. The van der Waals surface area contributed by atoms with E-state index in [-0.39, 0.29) is 11.8 Å². The molecule has 9 heavy (non-hydrogen) atoms. The minimum atomic E-state index is -0.198. The van der Waals surface area contributed by atoms with Crippen molar-refractivity contribution in [1.29, 1.82) is 0 Å². The molecule has 1 unspecified atom stereocenters. The van der Waals surface area contributed by atoms with Gasteiger partial charge in [-0.2, -0.15) is 11.8 Å². The highest BCUT2D eigenvalue weighted by Gasteiger charge is 2.06. The van der Waals surface area contributed by atoms with Gasteiger partial charge in [0.25, 0.3) is 0 Å². The molecular weight excluding hydrogens is 134 g/mol. The Morgan fingerprint density at radius 3 is 2.67 bits per heavy atom. The summed E-state index contributed by atoms with van der Waals surface area (Å²) in [5.74, 6) is 1.73. The summed E-state index contributed by atoms with van der Waals surface area (Å²) >= 11 is 1.74. The molecule has 0 rings (SSSR count). The van der Waals surface area contributed by atoms with Crippen molar-refractivity contribution >= 4 is 17.7 Å². The van der Waals surface area contributed by atoms with Crippen molar-refractivity contribution in [2.45, 2.75) is 13.8 Å². The molecule has 0 radical (unpaired) electrons. The molecule has 2 nitrogen and oxygen atoms in total. The van der Waals surface area contributed by atoms with Crippen molar-refractivity contribution in [1.82, 2.24) is 0 Å². The van der Waals surface area contributed by atoms with E-state index >= 15 is 0 Å². The summed E-state index contributed by atoms with van der Waals surface area (Å²) in [4.78, 5) is 10.4. The summed E-state index contributed by atoms with van der Waals surface area (Å²) in [5, 5.41) is 0. The Hall–Kier alpha value is -0.180. The van der Waals surface area contributed by atoms with Crippen LogP contribution >= 0.6 is 11.8 Å². The molecule has 0 heterocycles. The molecular formula is C6H13NOS. The van der Waals surface area contributed by atoms with Crippen LogP contribution in [-0.4, -0.2) is 17.4 Å². The number of carbonyl (C=O) groups excluding carboxylic acids is 1. The summed E-state index contributed by atoms with van der Waals surface area (Å²) in [6.45, 7) is 3.92. The van der Waals surface area contributed by atoms with Crippen molar-refractivity contribution < 1.29 is 4.79 Å². The normalized spacial score (nSPS) is 13.1. The van der Waals surface area contributed by atoms with Gasteiger partial charge in [0.1, 0.15) is 0 Å². The molecule has 0 aliphatic heterocycles. The van der Waals surface area contributed by atoms with Crippen molar-refractivity contribution in [2.75, 3.05) is 11.5 Å². The molecule has 0 aromatic rings. The summed E-state index contributed by atoms with van der Waals surface area (Å²) in [6.07, 6.45) is 0. The first-order chi connectivity index (χ1) is 4.18. The molecule has 0 saturated carbocycles. The Balaban J connectivity index is 3.27. The van der Waals surface area contributed by atoms with E-state index in [9.17, 15) is 4.79 Å². The topological polar surface area (TPSA) is 43.1 Å². The standard InChI is InChI=1S/C6H13NOS/c1-3-9-4-5(2)6(7)8/h5H,3-4H2,1-2H3,(H2,7,8). The van der Waals surface area contributed by atoms with Gasteiger partial charge >= 0.3 is 0 Å². The van der Waals surface area contributed by atoms with Crippen LogP contribution in [0.5, 0.6) is 0 Å². The predicted molar refractivity (Wildman–Crippen MR) is 41.4 cm³/mol. The zero-order valence-corrected chi connectivity index (χ0v) is 6.70. The lowest BCUT2D eigenvalue weighted by Crippen LogP contribution is -2.22. The fourth-order valence-corrected chi connectivity index (χ4v) is 1.13. The van der Waals surface area contributed by atoms with Gasteiger partial charge in [-0.05, 0) is 5.75 Å². The third-order valence-corrected chi connectivity index (χ3v) is 2.20. The summed E-state index contributed by atoms with van der Waals surface area (Å²) in [7, 11) is 0. The highest BCUT2D eigenvalue weighted by Crippen LogP contribution is 2.05. The molecule has 2 N–H and O–H groups in total. The van der Waals surface area contributed by atoms with E-state index in [0.29, 0.717) is 0 Å². The van der Waals surface area contributed by atoms with Gasteiger partial charge in [-0.25, -0.2) is 0 Å². The van der Waals surface area contributed by atoms with Crippen LogP contribution in [0.4, 0.5) is 0 Å². The van der Waals surface area contributed by atoms with Crippen LogP contribution in [0.3, 0.4) is 0 Å². The average Bonchev–Trinajstić information content (AvgIpc) is 1.82. The van der Waals surface area contributed by atoms with Crippen molar-refractivity contribution in [3.8, 4) is 0 Å². The third kappa shape index (κ3) is 4.33. The molecule has 0 bridgehead atoms. The third-order valence-electron chi connectivity index (χ3n) is 1.06. The van der Waals surface area contributed by atoms with E-state index < -0.39 is 0 Å². The van der Waals surface area contributed by atoms with Crippen molar-refractivity contribution in [3.63, 3.8) is 0 Å². The van der Waals surface area contributed by atoms with Gasteiger partial charge in [0.2, 0.25) is 5.91 Å². The number of nitrogens with two attached hydrogens (primary N) is 1. The molecule has 0 aromatic carbocycles. The van der Waals surface area contributed by atoms with E-state index in [0.717, 1.165) is 11.5 Å². The molecule has 3 heteroatoms. The largest absolute Gasteiger partial charge is 0.369 e. The van der Waals surface area contributed by atoms with Gasteiger partial charge in [0, 0.05) is 11.7 Å². The Morgan fingerprint density at radius 1 is 1.78 bits per heavy atom. The monoisotopic (exact) mass is 147 g/mol. The van der Waals surface area contributed by atoms with Crippen LogP contribution in [0.15, 0.2) is 0 Å². The number of amides is 1. The van der Waals surface area contributed by atoms with E-state index in [2.05, 4.69) is 6.92 Å². The molecule has 1 amide bonds. The lowest BCUT2D eigenvalue weighted by Gasteiger charge is -2.03. The van der Waals surface area contributed by atoms with Crippen LogP contribution in [0.25, 0.3) is 0 Å². The second-order valence-corrected chi connectivity index (χ2v) is 3.28. The molecule has 1 atom stereocenters. The van der Waals surface area contributed by atoms with Gasteiger partial charge in [0.05, 0.1) is 0 Å². The molecule has 0 aromatic heterocycles. The van der Waals surface area contributed by atoms with Gasteiger partial charge in [-0.15, -0.1) is 0 Å². The summed E-state index contributed by atoms with van der Waals surface area (Å²) < 4.78 is 0. The first-order valence-electron chi connectivity index (χ1n) is 3.05. The van der Waals surface area contributed by atoms with Crippen molar-refractivity contribution in [2.24, 2.45) is 11.7 Å². The summed E-state index contributed by atoms with van der Waals surface area (Å²) in [6, 6.07) is 0. The van der Waals surface area contributed by atoms with E-state index in [1.807, 2.05) is 6.92 Å². The van der Waals surface area contributed by atoms with E-state index in [1.165, 1.54) is 0 Å². The quantitative estimate of drug-likeness (QED) is 0.641. The minimum Gasteiger partial charge on any atom is -0.369 e. The van der Waals surface area contributed by atoms with Crippen LogP contribution in [0, 0.1) is 5.92 Å². The second kappa shape index (κ2) is 4.68. The highest BCUT2D eigenvalue weighted by atomic mass is 32.2. The number of rotatable bonds is 4. The van der Waals surface area contributed by atoms with Crippen LogP contribution in [-0.2, 0) is 4.79 Å². The van der Waals surface area contributed by atoms with Gasteiger partial charge in [-0.1, -0.05) is 13.8 Å². The van der Waals surface area contributed by atoms with Crippen LogP contribution in [0.1, 0.15) is 13.8 Å². The maximum absolute atomic E-state index is 10.4. The molecule has 0 saturated heterocycles. The highest BCUT2D eigenvalue weighted by molar-refractivity contribution is 7.99. The van der Waals surface area contributed by atoms with E-state index in [4.69, 9.17) is 5.73 Å². The smallest absolute Gasteiger partial charge is 0.221 e. The maximum Gasteiger partial charge on any atom is 0.221 e. The fraction of sp³-hybridized carbons (Fsp3) is 0.833. The number of carbonyl (C=O) groups is 1. The second-order valence-electron chi connectivity index (χ2n) is 1.96. The molecule has 0 fully saturated rings. The van der Waals surface area contributed by atoms with Gasteiger partial charge < -0.3 is 5.73 Å². The molecule has 54 valence electrons. The minimum absolute atomic E-state index is 0.0231. The first kappa shape index (κ1) is 8.82. The average molecular weight is 147 g/mol. The first-order valence-corrected chi connectivity index (χ1v) is 4.21. The van der Waals surface area contributed by atoms with Crippen LogP contribution < -0.4 is 5.73 Å². The maximum atomic E-state index is 10.4. The predicted octanol–water partition coefficient (Wildman–Crippen LogP) is 0.861. The Morgan fingerprint density at radius 2 is 2.33 bits per heavy atom. The molecule has 0 aliphatic rings.